The lowest BCUT2D eigenvalue weighted by atomic mass is 10.1. The highest BCUT2D eigenvalue weighted by molar-refractivity contribution is 6.02. The summed E-state index contributed by atoms with van der Waals surface area (Å²) in [5.41, 5.74) is 2.91. The molecule has 3 aromatic rings. The molecule has 1 unspecified atom stereocenters. The topological polar surface area (TPSA) is 87.9 Å². The van der Waals surface area contributed by atoms with Crippen molar-refractivity contribution in [1.82, 2.24) is 10.6 Å². The Kier molecular flexibility index (Phi) is 8.89. The number of guanidine groups is 1. The lowest BCUT2D eigenvalue weighted by Gasteiger charge is -2.15. The molecule has 0 fully saturated rings. The molecule has 0 aliphatic heterocycles. The summed E-state index contributed by atoms with van der Waals surface area (Å²) in [7, 11) is 1.74. The number of furan rings is 1. The second kappa shape index (κ2) is 12.3. The Bertz CT molecular complexity index is 987. The van der Waals surface area contributed by atoms with Crippen molar-refractivity contribution in [2.75, 3.05) is 25.5 Å². The molecule has 3 N–H and O–H groups in total. The first-order valence-electron chi connectivity index (χ1n) is 10.7. The maximum atomic E-state index is 12.1. The molecule has 168 valence electrons. The van der Waals surface area contributed by atoms with Crippen LogP contribution in [0.2, 0.25) is 0 Å². The molecule has 3 rings (SSSR count). The molecule has 0 radical (unpaired) electrons. The second-order valence-corrected chi connectivity index (χ2v) is 7.26. The standard InChI is InChI=1S/C25H30N4O3/c1-19(21-10-4-3-5-11-21)31-16-8-14-27-25(26-2)28-18-20-9-6-12-22(17-20)29-24(30)23-13-7-15-32-23/h3-7,9-13,15,17,19H,8,14,16,18H2,1-2H3,(H,29,30)(H2,26,27,28). The monoisotopic (exact) mass is 434 g/mol. The van der Waals surface area contributed by atoms with E-state index >= 15 is 0 Å². The van der Waals surface area contributed by atoms with Gasteiger partial charge in [-0.05, 0) is 48.7 Å². The Hall–Kier alpha value is -3.58. The number of hydrogen-bond donors (Lipinski definition) is 3. The van der Waals surface area contributed by atoms with Crippen molar-refractivity contribution < 1.29 is 13.9 Å². The molecule has 7 heteroatoms. The van der Waals surface area contributed by atoms with Gasteiger partial charge in [0.1, 0.15) is 0 Å². The summed E-state index contributed by atoms with van der Waals surface area (Å²) in [6.07, 6.45) is 2.42. The van der Waals surface area contributed by atoms with Gasteiger partial charge in [-0.3, -0.25) is 9.79 Å². The molecule has 32 heavy (non-hydrogen) atoms. The second-order valence-electron chi connectivity index (χ2n) is 7.26. The quantitative estimate of drug-likeness (QED) is 0.251. The summed E-state index contributed by atoms with van der Waals surface area (Å²) < 4.78 is 11.0. The lowest BCUT2D eigenvalue weighted by molar-refractivity contribution is 0.0646. The number of nitrogens with zero attached hydrogens (tertiary/aromatic N) is 1. The number of nitrogens with one attached hydrogen (secondary N) is 3. The summed E-state index contributed by atoms with van der Waals surface area (Å²) in [6.45, 7) is 4.05. The van der Waals surface area contributed by atoms with Crippen LogP contribution in [-0.2, 0) is 11.3 Å². The molecular weight excluding hydrogens is 404 g/mol. The molecule has 0 aliphatic carbocycles. The molecule has 1 aromatic heterocycles. The third-order valence-corrected chi connectivity index (χ3v) is 4.86. The largest absolute Gasteiger partial charge is 0.459 e. The first-order chi connectivity index (χ1) is 15.7. The van der Waals surface area contributed by atoms with Crippen molar-refractivity contribution in [3.8, 4) is 0 Å². The first kappa shape index (κ1) is 23.1. The number of benzene rings is 2. The van der Waals surface area contributed by atoms with Crippen LogP contribution in [0.5, 0.6) is 0 Å². The van der Waals surface area contributed by atoms with Crippen LogP contribution >= 0.6 is 0 Å². The molecule has 0 saturated carbocycles. The van der Waals surface area contributed by atoms with Gasteiger partial charge in [0.15, 0.2) is 11.7 Å². The zero-order chi connectivity index (χ0) is 22.6. The fourth-order valence-electron chi connectivity index (χ4n) is 3.13. The van der Waals surface area contributed by atoms with E-state index in [1.807, 2.05) is 42.5 Å². The van der Waals surface area contributed by atoms with Crippen molar-refractivity contribution in [3.05, 3.63) is 89.9 Å². The van der Waals surface area contributed by atoms with Crippen LogP contribution < -0.4 is 16.0 Å². The van der Waals surface area contributed by atoms with Crippen LogP contribution in [-0.4, -0.2) is 32.1 Å². The summed E-state index contributed by atoms with van der Waals surface area (Å²) in [5, 5.41) is 9.42. The van der Waals surface area contributed by atoms with Gasteiger partial charge in [0.05, 0.1) is 12.4 Å². The Balaban J connectivity index is 1.37. The zero-order valence-corrected chi connectivity index (χ0v) is 18.5. The summed E-state index contributed by atoms with van der Waals surface area (Å²) >= 11 is 0. The number of aliphatic imine (C=N–C) groups is 1. The number of carbonyl (C=O) groups excluding carboxylic acids is 1. The van der Waals surface area contributed by atoms with Crippen LogP contribution in [0.1, 0.15) is 41.1 Å². The van der Waals surface area contributed by atoms with Gasteiger partial charge in [-0.2, -0.15) is 0 Å². The van der Waals surface area contributed by atoms with Crippen molar-refractivity contribution in [1.29, 1.82) is 0 Å². The van der Waals surface area contributed by atoms with Gasteiger partial charge in [-0.1, -0.05) is 42.5 Å². The highest BCUT2D eigenvalue weighted by atomic mass is 16.5. The van der Waals surface area contributed by atoms with Crippen molar-refractivity contribution in [2.45, 2.75) is 26.0 Å². The van der Waals surface area contributed by atoms with Crippen LogP contribution in [0.25, 0.3) is 0 Å². The normalized spacial score (nSPS) is 12.2. The Morgan fingerprint density at radius 3 is 2.66 bits per heavy atom. The fraction of sp³-hybridized carbons (Fsp3) is 0.280. The number of amides is 1. The minimum absolute atomic E-state index is 0.0780. The molecule has 0 spiro atoms. The Morgan fingerprint density at radius 1 is 1.06 bits per heavy atom. The van der Waals surface area contributed by atoms with Gasteiger partial charge in [-0.15, -0.1) is 0 Å². The number of rotatable bonds is 10. The molecule has 1 amide bonds. The molecule has 0 bridgehead atoms. The fourth-order valence-corrected chi connectivity index (χ4v) is 3.13. The lowest BCUT2D eigenvalue weighted by Crippen LogP contribution is -2.37. The van der Waals surface area contributed by atoms with E-state index in [1.54, 1.807) is 19.2 Å². The van der Waals surface area contributed by atoms with Gasteiger partial charge in [0.25, 0.3) is 5.91 Å². The average molecular weight is 435 g/mol. The van der Waals surface area contributed by atoms with Crippen LogP contribution in [0.4, 0.5) is 5.69 Å². The summed E-state index contributed by atoms with van der Waals surface area (Å²) in [4.78, 5) is 16.4. The maximum Gasteiger partial charge on any atom is 0.291 e. The minimum atomic E-state index is -0.276. The predicted octanol–water partition coefficient (Wildman–Crippen LogP) is 4.36. The number of hydrogen-bond acceptors (Lipinski definition) is 4. The van der Waals surface area contributed by atoms with E-state index in [0.29, 0.717) is 24.8 Å². The van der Waals surface area contributed by atoms with Gasteiger partial charge >= 0.3 is 0 Å². The van der Waals surface area contributed by atoms with Crippen molar-refractivity contribution in [3.63, 3.8) is 0 Å². The van der Waals surface area contributed by atoms with Gasteiger partial charge < -0.3 is 25.1 Å². The van der Waals surface area contributed by atoms with E-state index in [2.05, 4.69) is 40.0 Å². The van der Waals surface area contributed by atoms with E-state index in [1.165, 1.54) is 11.8 Å². The third kappa shape index (κ3) is 7.28. The van der Waals surface area contributed by atoms with Crippen LogP contribution in [0.15, 0.2) is 82.4 Å². The first-order valence-corrected chi connectivity index (χ1v) is 10.7. The van der Waals surface area contributed by atoms with E-state index in [-0.39, 0.29) is 17.8 Å². The average Bonchev–Trinajstić information content (AvgIpc) is 3.37. The number of anilines is 1. The number of ether oxygens (including phenoxy) is 1. The highest BCUT2D eigenvalue weighted by Crippen LogP contribution is 2.16. The molecular formula is C25H30N4O3. The van der Waals surface area contributed by atoms with Crippen molar-refractivity contribution >= 4 is 17.6 Å². The molecule has 0 aliphatic rings. The molecule has 7 nitrogen and oxygen atoms in total. The minimum Gasteiger partial charge on any atom is -0.459 e. The predicted molar refractivity (Wildman–Crippen MR) is 127 cm³/mol. The summed E-state index contributed by atoms with van der Waals surface area (Å²) in [5.74, 6) is 0.716. The zero-order valence-electron chi connectivity index (χ0n) is 18.5. The molecule has 2 aromatic carbocycles. The third-order valence-electron chi connectivity index (χ3n) is 4.86. The van der Waals surface area contributed by atoms with Crippen LogP contribution in [0.3, 0.4) is 0 Å². The molecule has 1 heterocycles. The van der Waals surface area contributed by atoms with E-state index < -0.39 is 0 Å². The Labute approximate surface area is 188 Å². The maximum absolute atomic E-state index is 12.1. The van der Waals surface area contributed by atoms with E-state index in [9.17, 15) is 4.79 Å². The van der Waals surface area contributed by atoms with Crippen molar-refractivity contribution in [2.24, 2.45) is 4.99 Å². The molecule has 1 atom stereocenters. The van der Waals surface area contributed by atoms with E-state index in [0.717, 1.165) is 18.5 Å². The Morgan fingerprint density at radius 2 is 1.91 bits per heavy atom. The van der Waals surface area contributed by atoms with Crippen LogP contribution in [0, 0.1) is 0 Å². The van der Waals surface area contributed by atoms with Gasteiger partial charge in [0, 0.05) is 32.4 Å². The number of carbonyl (C=O) groups is 1. The van der Waals surface area contributed by atoms with Gasteiger partial charge in [-0.25, -0.2) is 0 Å². The SMILES string of the molecule is CN=C(NCCCOC(C)c1ccccc1)NCc1cccc(NC(=O)c2ccco2)c1. The van der Waals surface area contributed by atoms with E-state index in [4.69, 9.17) is 9.15 Å². The highest BCUT2D eigenvalue weighted by Gasteiger charge is 2.09. The molecule has 0 saturated heterocycles. The summed E-state index contributed by atoms with van der Waals surface area (Å²) in [6, 6.07) is 21.2. The van der Waals surface area contributed by atoms with Gasteiger partial charge in [0.2, 0.25) is 0 Å². The smallest absolute Gasteiger partial charge is 0.291 e.